The minimum absolute atomic E-state index is 0.181. The van der Waals surface area contributed by atoms with Crippen LogP contribution in [-0.4, -0.2) is 40.3 Å². The van der Waals surface area contributed by atoms with Gasteiger partial charge in [0.25, 0.3) is 5.91 Å². The van der Waals surface area contributed by atoms with Crippen LogP contribution in [0, 0.1) is 0 Å². The average Bonchev–Trinajstić information content (AvgIpc) is 2.44. The van der Waals surface area contributed by atoms with Gasteiger partial charge in [-0.1, -0.05) is 0 Å². The van der Waals surface area contributed by atoms with E-state index in [9.17, 15) is 9.90 Å². The van der Waals surface area contributed by atoms with Crippen molar-refractivity contribution in [3.63, 3.8) is 0 Å². The van der Waals surface area contributed by atoms with Gasteiger partial charge in [-0.25, -0.2) is 0 Å². The van der Waals surface area contributed by atoms with Crippen molar-refractivity contribution in [2.45, 2.75) is 6.23 Å². The van der Waals surface area contributed by atoms with Crippen LogP contribution in [0.5, 0.6) is 5.88 Å². The molecule has 0 saturated heterocycles. The van der Waals surface area contributed by atoms with E-state index in [2.05, 4.69) is 10.2 Å². The molecule has 1 unspecified atom stereocenters. The van der Waals surface area contributed by atoms with Crippen molar-refractivity contribution in [2.75, 3.05) is 14.2 Å². The zero-order valence-corrected chi connectivity index (χ0v) is 7.76. The predicted octanol–water partition coefficient (Wildman–Crippen LogP) is -0.438. The summed E-state index contributed by atoms with van der Waals surface area (Å²) in [5, 5.41) is 17.0. The molecule has 6 nitrogen and oxygen atoms in total. The van der Waals surface area contributed by atoms with Gasteiger partial charge < -0.3 is 14.7 Å². The smallest absolute Gasteiger partial charge is 0.276 e. The number of carbonyl (C=O) groups excluding carboxylic acids is 1. The first-order valence-electron chi connectivity index (χ1n) is 4.02. The topological polar surface area (TPSA) is 75.6 Å². The van der Waals surface area contributed by atoms with Crippen molar-refractivity contribution < 1.29 is 14.6 Å². The molecule has 0 radical (unpaired) electrons. The van der Waals surface area contributed by atoms with Gasteiger partial charge in [-0.15, -0.1) is 10.2 Å². The number of aromatic nitrogens is 2. The van der Waals surface area contributed by atoms with Crippen molar-refractivity contribution in [1.29, 1.82) is 0 Å². The maximum Gasteiger partial charge on any atom is 0.276 e. The molecule has 14 heavy (non-hydrogen) atoms. The summed E-state index contributed by atoms with van der Waals surface area (Å²) in [7, 11) is 2.95. The van der Waals surface area contributed by atoms with Gasteiger partial charge in [0, 0.05) is 18.7 Å². The third kappa shape index (κ3) is 1.04. The fourth-order valence-electron chi connectivity index (χ4n) is 1.34. The molecule has 1 aliphatic heterocycles. The van der Waals surface area contributed by atoms with Crippen LogP contribution in [0.1, 0.15) is 22.3 Å². The van der Waals surface area contributed by atoms with E-state index < -0.39 is 6.23 Å². The second-order valence-corrected chi connectivity index (χ2v) is 2.98. The lowest BCUT2D eigenvalue weighted by atomic mass is 10.2. The second-order valence-electron chi connectivity index (χ2n) is 2.98. The van der Waals surface area contributed by atoms with Gasteiger partial charge in [-0.05, 0) is 0 Å². The Bertz CT molecular complexity index is 393. The number of carbonyl (C=O) groups is 1. The first-order chi connectivity index (χ1) is 6.65. The molecule has 0 aromatic carbocycles. The predicted molar refractivity (Wildman–Crippen MR) is 45.6 cm³/mol. The third-order valence-corrected chi connectivity index (χ3v) is 2.18. The standard InChI is InChI=1S/C8H9N3O3/c1-11-7(12)4-3-5(14-2)9-10-6(4)8(11)13/h3,7,12H,1-2H3. The number of ether oxygens (including phenoxy) is 1. The molecule has 0 aliphatic carbocycles. The Labute approximate surface area is 80.1 Å². The molecule has 0 spiro atoms. The molecule has 0 bridgehead atoms. The van der Waals surface area contributed by atoms with E-state index in [-0.39, 0.29) is 17.5 Å². The Balaban J connectivity index is 2.53. The lowest BCUT2D eigenvalue weighted by Gasteiger charge is -2.13. The summed E-state index contributed by atoms with van der Waals surface area (Å²) in [6, 6.07) is 1.51. The zero-order chi connectivity index (χ0) is 10.3. The highest BCUT2D eigenvalue weighted by Crippen LogP contribution is 2.29. The molecule has 6 heteroatoms. The van der Waals surface area contributed by atoms with Gasteiger partial charge in [0.2, 0.25) is 5.88 Å². The van der Waals surface area contributed by atoms with E-state index in [1.165, 1.54) is 25.1 Å². The Morgan fingerprint density at radius 3 is 2.93 bits per heavy atom. The first kappa shape index (κ1) is 8.89. The molecule has 1 atom stereocenters. The molecular formula is C8H9N3O3. The summed E-state index contributed by atoms with van der Waals surface area (Å²) < 4.78 is 4.84. The molecule has 2 heterocycles. The Morgan fingerprint density at radius 2 is 2.29 bits per heavy atom. The van der Waals surface area contributed by atoms with Gasteiger partial charge in [0.1, 0.15) is 0 Å². The number of rotatable bonds is 1. The average molecular weight is 195 g/mol. The monoisotopic (exact) mass is 195 g/mol. The van der Waals surface area contributed by atoms with Crippen LogP contribution in [-0.2, 0) is 0 Å². The summed E-state index contributed by atoms with van der Waals surface area (Å²) in [6.45, 7) is 0. The van der Waals surface area contributed by atoms with E-state index in [0.29, 0.717) is 5.56 Å². The SMILES string of the molecule is COc1cc2c(nn1)C(=O)N(C)C2O. The number of methoxy groups -OCH3 is 1. The van der Waals surface area contributed by atoms with Crippen LogP contribution in [0.3, 0.4) is 0 Å². The normalized spacial score (nSPS) is 19.8. The van der Waals surface area contributed by atoms with Crippen LogP contribution in [0.25, 0.3) is 0 Å². The summed E-state index contributed by atoms with van der Waals surface area (Å²) >= 11 is 0. The number of hydrogen-bond donors (Lipinski definition) is 1. The van der Waals surface area contributed by atoms with Crippen LogP contribution in [0.4, 0.5) is 0 Å². The van der Waals surface area contributed by atoms with Gasteiger partial charge in [0.05, 0.1) is 7.11 Å². The van der Waals surface area contributed by atoms with E-state index in [1.54, 1.807) is 0 Å². The van der Waals surface area contributed by atoms with Crippen LogP contribution < -0.4 is 4.74 Å². The Morgan fingerprint density at radius 1 is 1.57 bits per heavy atom. The molecule has 1 N–H and O–H groups in total. The van der Waals surface area contributed by atoms with E-state index in [1.807, 2.05) is 0 Å². The molecule has 1 aliphatic rings. The largest absolute Gasteiger partial charge is 0.480 e. The van der Waals surface area contributed by atoms with E-state index >= 15 is 0 Å². The molecule has 0 fully saturated rings. The van der Waals surface area contributed by atoms with Crippen molar-refractivity contribution in [3.05, 3.63) is 17.3 Å². The molecule has 0 saturated carbocycles. The molecule has 74 valence electrons. The van der Waals surface area contributed by atoms with Crippen molar-refractivity contribution >= 4 is 5.91 Å². The summed E-state index contributed by atoms with van der Waals surface area (Å²) in [4.78, 5) is 12.6. The van der Waals surface area contributed by atoms with E-state index in [4.69, 9.17) is 4.74 Å². The zero-order valence-electron chi connectivity index (χ0n) is 7.76. The Kier molecular flexibility index (Phi) is 1.85. The highest BCUT2D eigenvalue weighted by atomic mass is 16.5. The Hall–Kier alpha value is -1.69. The van der Waals surface area contributed by atoms with Gasteiger partial charge in [0.15, 0.2) is 11.9 Å². The van der Waals surface area contributed by atoms with Crippen LogP contribution in [0.15, 0.2) is 6.07 Å². The number of aliphatic hydroxyl groups excluding tert-OH is 1. The first-order valence-corrected chi connectivity index (χ1v) is 4.02. The van der Waals surface area contributed by atoms with Gasteiger partial charge >= 0.3 is 0 Å². The highest BCUT2D eigenvalue weighted by Gasteiger charge is 2.35. The lowest BCUT2D eigenvalue weighted by Crippen LogP contribution is -2.22. The fourth-order valence-corrected chi connectivity index (χ4v) is 1.34. The van der Waals surface area contributed by atoms with E-state index in [0.717, 1.165) is 0 Å². The fraction of sp³-hybridized carbons (Fsp3) is 0.375. The molecule has 1 aromatic heterocycles. The van der Waals surface area contributed by atoms with Crippen molar-refractivity contribution in [3.8, 4) is 5.88 Å². The number of nitrogens with zero attached hydrogens (tertiary/aromatic N) is 3. The number of amides is 1. The highest BCUT2D eigenvalue weighted by molar-refractivity contribution is 5.96. The summed E-state index contributed by atoms with van der Waals surface area (Å²) in [5.41, 5.74) is 0.616. The van der Waals surface area contributed by atoms with Gasteiger partial charge in [-0.2, -0.15) is 0 Å². The molecule has 1 aromatic rings. The number of hydrogen-bond acceptors (Lipinski definition) is 5. The maximum atomic E-state index is 11.4. The second kappa shape index (κ2) is 2.91. The summed E-state index contributed by atoms with van der Waals surface area (Å²) in [6.07, 6.45) is -0.957. The number of fused-ring (bicyclic) bond motifs is 1. The van der Waals surface area contributed by atoms with Crippen molar-refractivity contribution in [2.24, 2.45) is 0 Å². The lowest BCUT2D eigenvalue weighted by molar-refractivity contribution is 0.0300. The molecule has 2 rings (SSSR count). The molecular weight excluding hydrogens is 186 g/mol. The van der Waals surface area contributed by atoms with Crippen LogP contribution >= 0.6 is 0 Å². The summed E-state index contributed by atoms with van der Waals surface area (Å²) in [5.74, 6) is -0.0476. The minimum atomic E-state index is -0.957. The maximum absolute atomic E-state index is 11.4. The van der Waals surface area contributed by atoms with Crippen molar-refractivity contribution in [1.82, 2.24) is 15.1 Å². The third-order valence-electron chi connectivity index (χ3n) is 2.18. The quantitative estimate of drug-likeness (QED) is 0.657. The minimum Gasteiger partial charge on any atom is -0.480 e. The molecule has 1 amide bonds. The number of aliphatic hydroxyl groups is 1. The van der Waals surface area contributed by atoms with Gasteiger partial charge in [-0.3, -0.25) is 4.79 Å². The van der Waals surface area contributed by atoms with Crippen LogP contribution in [0.2, 0.25) is 0 Å².